The lowest BCUT2D eigenvalue weighted by Gasteiger charge is -2.24. The lowest BCUT2D eigenvalue weighted by Crippen LogP contribution is -2.41. The van der Waals surface area contributed by atoms with Gasteiger partial charge in [0.1, 0.15) is 5.82 Å². The molecule has 1 atom stereocenters. The number of rotatable bonds is 9. The molecule has 6 heteroatoms. The fourth-order valence-corrected chi connectivity index (χ4v) is 3.90. The van der Waals surface area contributed by atoms with Crippen LogP contribution in [0.1, 0.15) is 23.3 Å². The van der Waals surface area contributed by atoms with Gasteiger partial charge in [-0.3, -0.25) is 9.69 Å². The first-order valence-corrected chi connectivity index (χ1v) is 9.94. The standard InChI is InChI=1S/C20H25FN2O2S/c21-17-5-1-4-16(12-17)13-23(14-18-6-2-10-25-18)15-20(24)22-9-8-19-7-3-11-26-19/h1,3-5,7,11-12,18H,2,6,8-10,13-15H2,(H,22,24). The summed E-state index contributed by atoms with van der Waals surface area (Å²) >= 11 is 1.70. The second kappa shape index (κ2) is 9.80. The number of benzene rings is 1. The number of nitrogens with one attached hydrogen (secondary N) is 1. The summed E-state index contributed by atoms with van der Waals surface area (Å²) in [5.74, 6) is -0.254. The molecule has 1 unspecified atom stereocenters. The Balaban J connectivity index is 1.52. The smallest absolute Gasteiger partial charge is 0.234 e. The summed E-state index contributed by atoms with van der Waals surface area (Å²) in [6, 6.07) is 10.6. The first-order valence-electron chi connectivity index (χ1n) is 9.06. The molecule has 0 spiro atoms. The van der Waals surface area contributed by atoms with Gasteiger partial charge in [0, 0.05) is 31.1 Å². The summed E-state index contributed by atoms with van der Waals surface area (Å²) in [6.45, 7) is 2.93. The molecule has 0 radical (unpaired) electrons. The van der Waals surface area contributed by atoms with Crippen molar-refractivity contribution in [1.82, 2.24) is 10.2 Å². The van der Waals surface area contributed by atoms with E-state index >= 15 is 0 Å². The molecule has 2 heterocycles. The van der Waals surface area contributed by atoms with Gasteiger partial charge in [-0.25, -0.2) is 4.39 Å². The molecule has 140 valence electrons. The van der Waals surface area contributed by atoms with Gasteiger partial charge >= 0.3 is 0 Å². The Labute approximate surface area is 158 Å². The Morgan fingerprint density at radius 2 is 2.27 bits per heavy atom. The molecule has 1 amide bonds. The minimum absolute atomic E-state index is 0.00374. The van der Waals surface area contributed by atoms with Crippen LogP contribution in [0.3, 0.4) is 0 Å². The summed E-state index contributed by atoms with van der Waals surface area (Å²) < 4.78 is 19.2. The number of hydrogen-bond acceptors (Lipinski definition) is 4. The number of carbonyl (C=O) groups excluding carboxylic acids is 1. The van der Waals surface area contributed by atoms with Crippen LogP contribution >= 0.6 is 11.3 Å². The average molecular weight is 376 g/mol. The zero-order chi connectivity index (χ0) is 18.2. The maximum Gasteiger partial charge on any atom is 0.234 e. The second-order valence-electron chi connectivity index (χ2n) is 6.61. The molecule has 1 fully saturated rings. The molecule has 0 saturated carbocycles. The van der Waals surface area contributed by atoms with Gasteiger partial charge in [-0.15, -0.1) is 11.3 Å². The Morgan fingerprint density at radius 1 is 1.35 bits per heavy atom. The van der Waals surface area contributed by atoms with Gasteiger partial charge in [0.05, 0.1) is 12.6 Å². The third-order valence-electron chi connectivity index (χ3n) is 4.42. The molecule has 4 nitrogen and oxygen atoms in total. The van der Waals surface area contributed by atoms with Crippen LogP contribution in [0, 0.1) is 5.82 Å². The fourth-order valence-electron chi connectivity index (χ4n) is 3.19. The van der Waals surface area contributed by atoms with Crippen molar-refractivity contribution in [2.45, 2.75) is 31.9 Å². The molecule has 0 aliphatic carbocycles. The van der Waals surface area contributed by atoms with E-state index in [4.69, 9.17) is 4.74 Å². The average Bonchev–Trinajstić information content (AvgIpc) is 3.28. The molecule has 1 N–H and O–H groups in total. The fraction of sp³-hybridized carbons (Fsp3) is 0.450. The third-order valence-corrected chi connectivity index (χ3v) is 5.36. The number of ether oxygens (including phenoxy) is 1. The number of carbonyl (C=O) groups is 1. The first kappa shape index (κ1) is 19.0. The lowest BCUT2D eigenvalue weighted by atomic mass is 10.1. The minimum Gasteiger partial charge on any atom is -0.377 e. The van der Waals surface area contributed by atoms with Crippen LogP contribution < -0.4 is 5.32 Å². The summed E-state index contributed by atoms with van der Waals surface area (Å²) in [7, 11) is 0. The Kier molecular flexibility index (Phi) is 7.17. The predicted molar refractivity (Wildman–Crippen MR) is 102 cm³/mol. The maximum atomic E-state index is 13.5. The number of hydrogen-bond donors (Lipinski definition) is 1. The van der Waals surface area contributed by atoms with Crippen molar-refractivity contribution < 1.29 is 13.9 Å². The van der Waals surface area contributed by atoms with Crippen molar-refractivity contribution in [3.8, 4) is 0 Å². The largest absolute Gasteiger partial charge is 0.377 e. The van der Waals surface area contributed by atoms with Crippen molar-refractivity contribution in [2.75, 3.05) is 26.2 Å². The number of amides is 1. The van der Waals surface area contributed by atoms with E-state index in [0.29, 0.717) is 26.2 Å². The zero-order valence-corrected chi connectivity index (χ0v) is 15.6. The highest BCUT2D eigenvalue weighted by Crippen LogP contribution is 2.15. The molecule has 1 aromatic carbocycles. The zero-order valence-electron chi connectivity index (χ0n) is 14.8. The SMILES string of the molecule is O=C(CN(Cc1cccc(F)c1)CC1CCCO1)NCCc1cccs1. The molecule has 1 aromatic heterocycles. The van der Waals surface area contributed by atoms with Crippen LogP contribution in [0.25, 0.3) is 0 Å². The van der Waals surface area contributed by atoms with E-state index in [0.717, 1.165) is 31.4 Å². The van der Waals surface area contributed by atoms with Gasteiger partial charge in [-0.2, -0.15) is 0 Å². The van der Waals surface area contributed by atoms with Crippen LogP contribution in [-0.4, -0.2) is 43.2 Å². The Bertz CT molecular complexity index is 687. The van der Waals surface area contributed by atoms with Crippen molar-refractivity contribution in [3.63, 3.8) is 0 Å². The normalized spacial score (nSPS) is 16.9. The summed E-state index contributed by atoms with van der Waals surface area (Å²) in [6.07, 6.45) is 3.08. The molecule has 1 aliphatic heterocycles. The van der Waals surface area contributed by atoms with Gasteiger partial charge in [0.2, 0.25) is 5.91 Å². The van der Waals surface area contributed by atoms with Crippen LogP contribution in [0.2, 0.25) is 0 Å². The summed E-state index contributed by atoms with van der Waals surface area (Å²) in [5, 5.41) is 5.03. The molecular weight excluding hydrogens is 351 g/mol. The highest BCUT2D eigenvalue weighted by atomic mass is 32.1. The van der Waals surface area contributed by atoms with Crippen LogP contribution in [0.15, 0.2) is 41.8 Å². The van der Waals surface area contributed by atoms with E-state index in [9.17, 15) is 9.18 Å². The minimum atomic E-state index is -0.250. The van der Waals surface area contributed by atoms with Gasteiger partial charge in [0.25, 0.3) is 0 Å². The van der Waals surface area contributed by atoms with Crippen LogP contribution in [0.4, 0.5) is 4.39 Å². The topological polar surface area (TPSA) is 41.6 Å². The van der Waals surface area contributed by atoms with Crippen LogP contribution in [0.5, 0.6) is 0 Å². The quantitative estimate of drug-likeness (QED) is 0.731. The monoisotopic (exact) mass is 376 g/mol. The predicted octanol–water partition coefficient (Wildman–Crippen LogP) is 3.23. The molecule has 1 aliphatic rings. The number of nitrogens with zero attached hydrogens (tertiary/aromatic N) is 1. The summed E-state index contributed by atoms with van der Waals surface area (Å²) in [5.41, 5.74) is 0.870. The van der Waals surface area contributed by atoms with E-state index in [1.54, 1.807) is 17.4 Å². The van der Waals surface area contributed by atoms with E-state index in [1.165, 1.54) is 17.0 Å². The maximum absolute atomic E-state index is 13.5. The van der Waals surface area contributed by atoms with Gasteiger partial charge in [-0.05, 0) is 48.4 Å². The van der Waals surface area contributed by atoms with Gasteiger partial charge in [-0.1, -0.05) is 18.2 Å². The van der Waals surface area contributed by atoms with Gasteiger partial charge in [0.15, 0.2) is 0 Å². The van der Waals surface area contributed by atoms with E-state index < -0.39 is 0 Å². The molecule has 3 rings (SSSR count). The summed E-state index contributed by atoms with van der Waals surface area (Å²) in [4.78, 5) is 15.7. The van der Waals surface area contributed by atoms with Crippen molar-refractivity contribution in [2.24, 2.45) is 0 Å². The Morgan fingerprint density at radius 3 is 3.00 bits per heavy atom. The van der Waals surface area contributed by atoms with Crippen molar-refractivity contribution in [1.29, 1.82) is 0 Å². The van der Waals surface area contributed by atoms with E-state index in [-0.39, 0.29) is 17.8 Å². The molecule has 2 aromatic rings. The van der Waals surface area contributed by atoms with Crippen molar-refractivity contribution in [3.05, 3.63) is 58.0 Å². The first-order chi connectivity index (χ1) is 12.7. The highest BCUT2D eigenvalue weighted by molar-refractivity contribution is 7.09. The van der Waals surface area contributed by atoms with Gasteiger partial charge < -0.3 is 10.1 Å². The number of thiophene rings is 1. The highest BCUT2D eigenvalue weighted by Gasteiger charge is 2.21. The van der Waals surface area contributed by atoms with E-state index in [2.05, 4.69) is 11.4 Å². The molecule has 26 heavy (non-hydrogen) atoms. The molecular formula is C20H25FN2O2S. The van der Waals surface area contributed by atoms with Crippen LogP contribution in [-0.2, 0) is 22.5 Å². The molecule has 0 bridgehead atoms. The number of halogens is 1. The molecule has 1 saturated heterocycles. The van der Waals surface area contributed by atoms with Crippen molar-refractivity contribution >= 4 is 17.2 Å². The lowest BCUT2D eigenvalue weighted by molar-refractivity contribution is -0.122. The Hall–Kier alpha value is -1.76. The second-order valence-corrected chi connectivity index (χ2v) is 7.65. The van der Waals surface area contributed by atoms with E-state index in [1.807, 2.05) is 22.4 Å². The third kappa shape index (κ3) is 6.20.